The van der Waals surface area contributed by atoms with E-state index >= 15 is 0 Å². The van der Waals surface area contributed by atoms with Gasteiger partial charge in [-0.15, -0.1) is 0 Å². The van der Waals surface area contributed by atoms with E-state index in [2.05, 4.69) is 24.8 Å². The molecule has 0 aromatic heterocycles. The van der Waals surface area contributed by atoms with Crippen LogP contribution in [0.5, 0.6) is 0 Å². The second-order valence-corrected chi connectivity index (χ2v) is 6.47. The smallest absolute Gasteiger partial charge is 0.329 e. The van der Waals surface area contributed by atoms with Crippen LogP contribution in [-0.4, -0.2) is 63.1 Å². The zero-order chi connectivity index (χ0) is 23.6. The molecule has 2 amide bonds. The molecule has 10 nitrogen and oxygen atoms in total. The van der Waals surface area contributed by atoms with Crippen molar-refractivity contribution in [3.8, 4) is 0 Å². The van der Waals surface area contributed by atoms with Gasteiger partial charge in [-0.1, -0.05) is 18.2 Å². The highest BCUT2D eigenvalue weighted by Crippen LogP contribution is 2.16. The van der Waals surface area contributed by atoms with E-state index in [1.54, 1.807) is 6.07 Å². The van der Waals surface area contributed by atoms with Crippen molar-refractivity contribution < 1.29 is 42.6 Å². The van der Waals surface area contributed by atoms with Gasteiger partial charge in [0.25, 0.3) is 0 Å². The molecule has 0 bridgehead atoms. The quantitative estimate of drug-likeness (QED) is 0.380. The van der Waals surface area contributed by atoms with Gasteiger partial charge in [-0.05, 0) is 11.6 Å². The highest BCUT2D eigenvalue weighted by Gasteiger charge is 2.39. The van der Waals surface area contributed by atoms with Gasteiger partial charge in [0.1, 0.15) is 17.9 Å². The van der Waals surface area contributed by atoms with Crippen LogP contribution in [-0.2, 0) is 44.6 Å². The first-order valence-electron chi connectivity index (χ1n) is 9.17. The van der Waals surface area contributed by atoms with Crippen molar-refractivity contribution in [3.05, 3.63) is 35.6 Å². The number of methoxy groups -OCH3 is 3. The van der Waals surface area contributed by atoms with Crippen molar-refractivity contribution in [3.63, 3.8) is 0 Å². The number of ether oxygens (including phenoxy) is 3. The number of carbonyl (C=O) groups excluding carboxylic acids is 5. The van der Waals surface area contributed by atoms with E-state index in [-0.39, 0.29) is 12.0 Å². The van der Waals surface area contributed by atoms with Crippen LogP contribution < -0.4 is 10.6 Å². The van der Waals surface area contributed by atoms with E-state index in [1.165, 1.54) is 18.2 Å². The van der Waals surface area contributed by atoms with Gasteiger partial charge >= 0.3 is 17.9 Å². The number of benzene rings is 1. The molecule has 0 saturated carbocycles. The molecule has 1 aromatic rings. The molecule has 0 heterocycles. The summed E-state index contributed by atoms with van der Waals surface area (Å²) in [7, 11) is 3.16. The SMILES string of the molecule is COC(=O)C[C@@H](C(=O)OC)[C@@H](NC(=O)[C@@H](Cc1ccccc1F)NC(C)=O)C(=O)OC. The molecule has 0 fully saturated rings. The van der Waals surface area contributed by atoms with Gasteiger partial charge in [-0.2, -0.15) is 0 Å². The second kappa shape index (κ2) is 12.3. The molecule has 0 aliphatic heterocycles. The maximum absolute atomic E-state index is 14.0. The summed E-state index contributed by atoms with van der Waals surface area (Å²) in [5.41, 5.74) is 0.144. The summed E-state index contributed by atoms with van der Waals surface area (Å²) in [6.07, 6.45) is -0.812. The predicted molar refractivity (Wildman–Crippen MR) is 104 cm³/mol. The van der Waals surface area contributed by atoms with Crippen LogP contribution in [0.4, 0.5) is 4.39 Å². The van der Waals surface area contributed by atoms with Crippen molar-refractivity contribution in [1.82, 2.24) is 10.6 Å². The molecule has 1 aromatic carbocycles. The standard InChI is InChI=1S/C20H25FN2O8/c1-11(24)22-15(9-12-7-5-6-8-14(12)21)18(26)23-17(20(28)31-4)13(19(27)30-3)10-16(25)29-2/h5-8,13,15,17H,9-10H2,1-4H3,(H,22,24)(H,23,26)/t13-,15-,17-/m1/s1. The third kappa shape index (κ3) is 7.68. The molecular weight excluding hydrogens is 415 g/mol. The Morgan fingerprint density at radius 3 is 2.06 bits per heavy atom. The van der Waals surface area contributed by atoms with E-state index in [0.29, 0.717) is 0 Å². The fourth-order valence-corrected chi connectivity index (χ4v) is 2.79. The molecule has 0 spiro atoms. The number of rotatable bonds is 10. The fraction of sp³-hybridized carbons (Fsp3) is 0.450. The molecule has 2 N–H and O–H groups in total. The number of esters is 3. The lowest BCUT2D eigenvalue weighted by atomic mass is 9.95. The Kier molecular flexibility index (Phi) is 10.1. The molecule has 0 aliphatic rings. The molecule has 1 rings (SSSR count). The number of halogens is 1. The predicted octanol–water partition coefficient (Wildman–Crippen LogP) is -0.117. The highest BCUT2D eigenvalue weighted by atomic mass is 19.1. The Morgan fingerprint density at radius 2 is 1.55 bits per heavy atom. The van der Waals surface area contributed by atoms with E-state index < -0.39 is 60.0 Å². The number of amides is 2. The second-order valence-electron chi connectivity index (χ2n) is 6.47. The third-order valence-corrected chi connectivity index (χ3v) is 4.35. The van der Waals surface area contributed by atoms with Crippen molar-refractivity contribution in [2.75, 3.05) is 21.3 Å². The topological polar surface area (TPSA) is 137 Å². The van der Waals surface area contributed by atoms with Crippen molar-refractivity contribution in [2.24, 2.45) is 5.92 Å². The average Bonchev–Trinajstić information content (AvgIpc) is 2.75. The summed E-state index contributed by atoms with van der Waals surface area (Å²) in [5.74, 6) is -6.35. The molecule has 170 valence electrons. The van der Waals surface area contributed by atoms with Gasteiger partial charge in [0.05, 0.1) is 33.7 Å². The molecule has 0 radical (unpaired) electrons. The maximum atomic E-state index is 14.0. The minimum Gasteiger partial charge on any atom is -0.469 e. The van der Waals surface area contributed by atoms with Crippen LogP contribution in [0.25, 0.3) is 0 Å². The summed E-state index contributed by atoms with van der Waals surface area (Å²) in [6.45, 7) is 1.16. The summed E-state index contributed by atoms with van der Waals surface area (Å²) in [5, 5.41) is 4.67. The molecule has 0 aliphatic carbocycles. The number of hydrogen-bond donors (Lipinski definition) is 2. The maximum Gasteiger partial charge on any atom is 0.329 e. The summed E-state index contributed by atoms with van der Waals surface area (Å²) in [4.78, 5) is 60.6. The molecule has 3 atom stereocenters. The van der Waals surface area contributed by atoms with Crippen LogP contribution >= 0.6 is 0 Å². The average molecular weight is 440 g/mol. The zero-order valence-corrected chi connectivity index (χ0v) is 17.6. The van der Waals surface area contributed by atoms with Gasteiger partial charge in [0, 0.05) is 13.3 Å². The Bertz CT molecular complexity index is 829. The third-order valence-electron chi connectivity index (χ3n) is 4.35. The first-order chi connectivity index (χ1) is 14.6. The molecule has 11 heteroatoms. The first-order valence-corrected chi connectivity index (χ1v) is 9.17. The molecular formula is C20H25FN2O8. The lowest BCUT2D eigenvalue weighted by Gasteiger charge is -2.26. The monoisotopic (exact) mass is 440 g/mol. The normalized spacial score (nSPS) is 13.2. The summed E-state index contributed by atoms with van der Waals surface area (Å²) >= 11 is 0. The van der Waals surface area contributed by atoms with Crippen molar-refractivity contribution in [1.29, 1.82) is 0 Å². The molecule has 0 unspecified atom stereocenters. The number of hydrogen-bond acceptors (Lipinski definition) is 8. The Balaban J connectivity index is 3.20. The van der Waals surface area contributed by atoms with E-state index in [0.717, 1.165) is 28.3 Å². The van der Waals surface area contributed by atoms with Crippen LogP contribution in [0.15, 0.2) is 24.3 Å². The van der Waals surface area contributed by atoms with Gasteiger partial charge in [-0.25, -0.2) is 9.18 Å². The Labute approximate surface area is 178 Å². The van der Waals surface area contributed by atoms with Gasteiger partial charge in [-0.3, -0.25) is 19.2 Å². The Hall–Kier alpha value is -3.50. The van der Waals surface area contributed by atoms with Crippen LogP contribution in [0.2, 0.25) is 0 Å². The lowest BCUT2D eigenvalue weighted by molar-refractivity contribution is -0.159. The van der Waals surface area contributed by atoms with E-state index in [9.17, 15) is 28.4 Å². The zero-order valence-electron chi connectivity index (χ0n) is 17.6. The van der Waals surface area contributed by atoms with Gasteiger partial charge in [0.2, 0.25) is 11.8 Å². The van der Waals surface area contributed by atoms with Crippen molar-refractivity contribution in [2.45, 2.75) is 31.8 Å². The fourth-order valence-electron chi connectivity index (χ4n) is 2.79. The Morgan fingerprint density at radius 1 is 0.935 bits per heavy atom. The van der Waals surface area contributed by atoms with Crippen LogP contribution in [0, 0.1) is 11.7 Å². The van der Waals surface area contributed by atoms with E-state index in [1.807, 2.05) is 0 Å². The first kappa shape index (κ1) is 25.5. The minimum absolute atomic E-state index is 0.144. The largest absolute Gasteiger partial charge is 0.469 e. The van der Waals surface area contributed by atoms with Crippen LogP contribution in [0.1, 0.15) is 18.9 Å². The molecule has 31 heavy (non-hydrogen) atoms. The lowest BCUT2D eigenvalue weighted by Crippen LogP contribution is -2.56. The van der Waals surface area contributed by atoms with Crippen LogP contribution in [0.3, 0.4) is 0 Å². The summed E-state index contributed by atoms with van der Waals surface area (Å²) in [6, 6.07) is 2.75. The number of nitrogens with one attached hydrogen (secondary N) is 2. The molecule has 0 saturated heterocycles. The van der Waals surface area contributed by atoms with Crippen molar-refractivity contribution >= 4 is 29.7 Å². The van der Waals surface area contributed by atoms with Gasteiger partial charge < -0.3 is 24.8 Å². The highest BCUT2D eigenvalue weighted by molar-refractivity contribution is 5.94. The van der Waals surface area contributed by atoms with E-state index in [4.69, 9.17) is 0 Å². The minimum atomic E-state index is -1.62. The number of carbonyl (C=O) groups is 5. The van der Waals surface area contributed by atoms with Gasteiger partial charge in [0.15, 0.2) is 0 Å². The summed E-state index contributed by atoms with van der Waals surface area (Å²) < 4.78 is 27.8.